The molecule has 2 heterocycles. The number of halogens is 2. The number of aryl methyl sites for hydroxylation is 2. The minimum absolute atomic E-state index is 0. The second-order valence-corrected chi connectivity index (χ2v) is 8.13. The van der Waals surface area contributed by atoms with Crippen LogP contribution in [0.2, 0.25) is 0 Å². The standard InChI is InChI=1S/C20H28FN5S.HI/c1-4-22-20(23-12-19-14(2)24-15(3)27-19)25-17-8-6-10-26(13-17)18-9-5-7-16(21)11-18;/h5,7,9,11,17H,4,6,8,10,12-13H2,1-3H3,(H2,22,23,25);1H. The molecule has 28 heavy (non-hydrogen) atoms. The van der Waals surface area contributed by atoms with Gasteiger partial charge < -0.3 is 15.5 Å². The molecule has 5 nitrogen and oxygen atoms in total. The summed E-state index contributed by atoms with van der Waals surface area (Å²) in [4.78, 5) is 12.7. The largest absolute Gasteiger partial charge is 0.369 e. The molecule has 2 N–H and O–H groups in total. The number of nitrogens with one attached hydrogen (secondary N) is 2. The quantitative estimate of drug-likeness (QED) is 0.354. The van der Waals surface area contributed by atoms with Crippen molar-refractivity contribution in [2.75, 3.05) is 24.5 Å². The number of rotatable bonds is 5. The van der Waals surface area contributed by atoms with Crippen molar-refractivity contribution < 1.29 is 4.39 Å². The van der Waals surface area contributed by atoms with Gasteiger partial charge in [0.15, 0.2) is 5.96 Å². The molecule has 1 aromatic heterocycles. The van der Waals surface area contributed by atoms with Crippen LogP contribution in [0, 0.1) is 19.7 Å². The van der Waals surface area contributed by atoms with Crippen LogP contribution in [0.3, 0.4) is 0 Å². The van der Waals surface area contributed by atoms with E-state index < -0.39 is 0 Å². The molecule has 8 heteroatoms. The van der Waals surface area contributed by atoms with Gasteiger partial charge in [-0.2, -0.15) is 0 Å². The van der Waals surface area contributed by atoms with Crippen molar-refractivity contribution in [2.24, 2.45) is 4.99 Å². The van der Waals surface area contributed by atoms with Crippen LogP contribution >= 0.6 is 35.3 Å². The van der Waals surface area contributed by atoms with Gasteiger partial charge in [-0.3, -0.25) is 0 Å². The number of guanidine groups is 1. The molecule has 0 aliphatic carbocycles. The predicted molar refractivity (Wildman–Crippen MR) is 127 cm³/mol. The van der Waals surface area contributed by atoms with E-state index in [1.807, 2.05) is 19.9 Å². The van der Waals surface area contributed by atoms with Gasteiger partial charge in [-0.1, -0.05) is 6.07 Å². The molecule has 0 amide bonds. The average molecular weight is 517 g/mol. The zero-order valence-corrected chi connectivity index (χ0v) is 19.8. The SMILES string of the molecule is CCNC(=NCc1sc(C)nc1C)NC1CCCN(c2cccc(F)c2)C1.I. The van der Waals surface area contributed by atoms with E-state index in [4.69, 9.17) is 4.99 Å². The van der Waals surface area contributed by atoms with E-state index in [1.54, 1.807) is 23.5 Å². The summed E-state index contributed by atoms with van der Waals surface area (Å²) in [6.45, 7) is 9.37. The Morgan fingerprint density at radius 3 is 2.89 bits per heavy atom. The van der Waals surface area contributed by atoms with Gasteiger partial charge in [0.05, 0.1) is 17.2 Å². The summed E-state index contributed by atoms with van der Waals surface area (Å²) in [7, 11) is 0. The maximum Gasteiger partial charge on any atom is 0.191 e. The topological polar surface area (TPSA) is 52.6 Å². The molecule has 3 rings (SSSR count). The number of hydrogen-bond donors (Lipinski definition) is 2. The van der Waals surface area contributed by atoms with Crippen molar-refractivity contribution in [2.45, 2.75) is 46.2 Å². The van der Waals surface area contributed by atoms with Gasteiger partial charge in [0, 0.05) is 36.2 Å². The first-order valence-corrected chi connectivity index (χ1v) is 10.3. The van der Waals surface area contributed by atoms with E-state index >= 15 is 0 Å². The highest BCUT2D eigenvalue weighted by molar-refractivity contribution is 14.0. The van der Waals surface area contributed by atoms with Crippen molar-refractivity contribution in [3.05, 3.63) is 45.7 Å². The van der Waals surface area contributed by atoms with Crippen LogP contribution < -0.4 is 15.5 Å². The number of anilines is 1. The highest BCUT2D eigenvalue weighted by Gasteiger charge is 2.21. The Bertz CT molecular complexity index is 795. The molecule has 1 saturated heterocycles. The first-order chi connectivity index (χ1) is 13.0. The number of thiazole rings is 1. The molecule has 2 aromatic rings. The van der Waals surface area contributed by atoms with E-state index in [1.165, 1.54) is 10.9 Å². The molecule has 0 spiro atoms. The number of hydrogen-bond acceptors (Lipinski definition) is 4. The second kappa shape index (κ2) is 10.9. The number of piperidine rings is 1. The molecule has 1 aliphatic rings. The second-order valence-electron chi connectivity index (χ2n) is 6.85. The molecular weight excluding hydrogens is 488 g/mol. The fraction of sp³-hybridized carbons (Fsp3) is 0.500. The summed E-state index contributed by atoms with van der Waals surface area (Å²) in [5, 5.41) is 7.97. The molecule has 1 aromatic carbocycles. The number of aromatic nitrogens is 1. The molecule has 1 aliphatic heterocycles. The Labute approximate surface area is 187 Å². The van der Waals surface area contributed by atoms with Crippen LogP contribution in [-0.4, -0.2) is 36.6 Å². The van der Waals surface area contributed by atoms with Crippen molar-refractivity contribution >= 4 is 47.0 Å². The summed E-state index contributed by atoms with van der Waals surface area (Å²) < 4.78 is 13.6. The van der Waals surface area contributed by atoms with E-state index in [0.717, 1.165) is 54.8 Å². The predicted octanol–water partition coefficient (Wildman–Crippen LogP) is 4.24. The number of nitrogens with zero attached hydrogens (tertiary/aromatic N) is 3. The summed E-state index contributed by atoms with van der Waals surface area (Å²) in [5.74, 6) is 0.641. The van der Waals surface area contributed by atoms with Gasteiger partial charge in [0.25, 0.3) is 0 Å². The Morgan fingerprint density at radius 2 is 2.21 bits per heavy atom. The Balaban J connectivity index is 0.00000280. The summed E-state index contributed by atoms with van der Waals surface area (Å²) in [6, 6.07) is 7.12. The lowest BCUT2D eigenvalue weighted by atomic mass is 10.0. The molecule has 0 bridgehead atoms. The van der Waals surface area contributed by atoms with Gasteiger partial charge >= 0.3 is 0 Å². The first-order valence-electron chi connectivity index (χ1n) is 9.53. The number of aliphatic imine (C=N–C) groups is 1. The van der Waals surface area contributed by atoms with Crippen LogP contribution in [0.25, 0.3) is 0 Å². The maximum absolute atomic E-state index is 13.6. The highest BCUT2D eigenvalue weighted by Crippen LogP contribution is 2.21. The minimum Gasteiger partial charge on any atom is -0.369 e. The lowest BCUT2D eigenvalue weighted by Gasteiger charge is -2.35. The van der Waals surface area contributed by atoms with E-state index in [-0.39, 0.29) is 35.8 Å². The molecule has 0 saturated carbocycles. The molecule has 154 valence electrons. The average Bonchev–Trinajstić information content (AvgIpc) is 2.97. The zero-order chi connectivity index (χ0) is 19.2. The first kappa shape index (κ1) is 22.9. The van der Waals surface area contributed by atoms with Crippen LogP contribution in [-0.2, 0) is 6.54 Å². The van der Waals surface area contributed by atoms with Crippen LogP contribution in [0.5, 0.6) is 0 Å². The van der Waals surface area contributed by atoms with Gasteiger partial charge in [0.1, 0.15) is 5.82 Å². The van der Waals surface area contributed by atoms with Crippen LogP contribution in [0.15, 0.2) is 29.3 Å². The van der Waals surface area contributed by atoms with Crippen molar-refractivity contribution in [3.63, 3.8) is 0 Å². The third-order valence-corrected chi connectivity index (χ3v) is 5.72. The molecule has 1 fully saturated rings. The fourth-order valence-corrected chi connectivity index (χ4v) is 4.25. The Hall–Kier alpha value is -1.42. The van der Waals surface area contributed by atoms with Gasteiger partial charge in [-0.05, 0) is 51.8 Å². The van der Waals surface area contributed by atoms with Gasteiger partial charge in [-0.15, -0.1) is 35.3 Å². The summed E-state index contributed by atoms with van der Waals surface area (Å²) in [6.07, 6.45) is 2.15. The molecule has 0 radical (unpaired) electrons. The molecular formula is C20H29FIN5S. The molecule has 1 unspecified atom stereocenters. The van der Waals surface area contributed by atoms with Crippen LogP contribution in [0.4, 0.5) is 10.1 Å². The lowest BCUT2D eigenvalue weighted by Crippen LogP contribution is -2.51. The van der Waals surface area contributed by atoms with Gasteiger partial charge in [0.2, 0.25) is 0 Å². The lowest BCUT2D eigenvalue weighted by molar-refractivity contribution is 0.467. The summed E-state index contributed by atoms with van der Waals surface area (Å²) >= 11 is 1.70. The fourth-order valence-electron chi connectivity index (χ4n) is 3.39. The van der Waals surface area contributed by atoms with Crippen molar-refractivity contribution in [1.82, 2.24) is 15.6 Å². The highest BCUT2D eigenvalue weighted by atomic mass is 127. The Morgan fingerprint density at radius 1 is 1.39 bits per heavy atom. The van der Waals surface area contributed by atoms with Crippen molar-refractivity contribution in [3.8, 4) is 0 Å². The third kappa shape index (κ3) is 6.30. The van der Waals surface area contributed by atoms with E-state index in [0.29, 0.717) is 6.54 Å². The van der Waals surface area contributed by atoms with E-state index in [2.05, 4.69) is 27.4 Å². The zero-order valence-electron chi connectivity index (χ0n) is 16.7. The van der Waals surface area contributed by atoms with E-state index in [9.17, 15) is 4.39 Å². The smallest absolute Gasteiger partial charge is 0.191 e. The Kier molecular flexibility index (Phi) is 8.94. The molecule has 1 atom stereocenters. The van der Waals surface area contributed by atoms with Crippen LogP contribution in [0.1, 0.15) is 35.3 Å². The normalized spacial score (nSPS) is 17.2. The minimum atomic E-state index is -0.187. The third-order valence-electron chi connectivity index (χ3n) is 4.66. The maximum atomic E-state index is 13.6. The summed E-state index contributed by atoms with van der Waals surface area (Å²) in [5.41, 5.74) is 2.01. The number of benzene rings is 1. The van der Waals surface area contributed by atoms with Gasteiger partial charge in [-0.25, -0.2) is 14.4 Å². The van der Waals surface area contributed by atoms with Crippen molar-refractivity contribution in [1.29, 1.82) is 0 Å². The monoisotopic (exact) mass is 517 g/mol.